The van der Waals surface area contributed by atoms with Crippen molar-refractivity contribution in [3.8, 4) is 0 Å². The summed E-state index contributed by atoms with van der Waals surface area (Å²) in [5, 5.41) is 8.83. The second-order valence-corrected chi connectivity index (χ2v) is 4.80. The van der Waals surface area contributed by atoms with Crippen LogP contribution in [-0.4, -0.2) is 50.2 Å². The van der Waals surface area contributed by atoms with Crippen molar-refractivity contribution in [1.29, 1.82) is 0 Å². The van der Waals surface area contributed by atoms with Crippen molar-refractivity contribution in [2.24, 2.45) is 5.92 Å². The molecule has 0 aromatic carbocycles. The minimum Gasteiger partial charge on any atom is -0.379 e. The third-order valence-corrected chi connectivity index (χ3v) is 3.49. The molecule has 0 radical (unpaired) electrons. The van der Waals surface area contributed by atoms with Crippen LogP contribution in [0.25, 0.3) is 0 Å². The summed E-state index contributed by atoms with van der Waals surface area (Å²) in [6.45, 7) is 4.50. The Labute approximate surface area is 107 Å². The third kappa shape index (κ3) is 3.00. The standard InChI is InChI=1S/C12H21N3O3/c1-2-13-10-7-18-6-8(10)11(16)15-9-4-3-5-14-12(9)17/h8-10,13H,2-7H2,1H3,(H,14,17)(H,15,16). The molecule has 3 unspecified atom stereocenters. The quantitative estimate of drug-likeness (QED) is 0.602. The molecule has 0 bridgehead atoms. The molecule has 102 valence electrons. The summed E-state index contributed by atoms with van der Waals surface area (Å²) in [6.07, 6.45) is 1.63. The van der Waals surface area contributed by atoms with Crippen LogP contribution >= 0.6 is 0 Å². The SMILES string of the molecule is CCNC1COCC1C(=O)NC1CCCNC1=O. The maximum absolute atomic E-state index is 12.1. The number of likely N-dealkylation sites (N-methyl/N-ethyl adjacent to an activating group) is 1. The highest BCUT2D eigenvalue weighted by Crippen LogP contribution is 2.15. The van der Waals surface area contributed by atoms with Gasteiger partial charge in [0.25, 0.3) is 0 Å². The van der Waals surface area contributed by atoms with Gasteiger partial charge in [-0.2, -0.15) is 0 Å². The van der Waals surface area contributed by atoms with Gasteiger partial charge in [0.05, 0.1) is 19.1 Å². The van der Waals surface area contributed by atoms with Crippen molar-refractivity contribution in [3.05, 3.63) is 0 Å². The molecule has 3 atom stereocenters. The topological polar surface area (TPSA) is 79.5 Å². The summed E-state index contributed by atoms with van der Waals surface area (Å²) in [4.78, 5) is 23.7. The molecule has 0 aromatic rings. The Morgan fingerprint density at radius 2 is 2.33 bits per heavy atom. The van der Waals surface area contributed by atoms with Gasteiger partial charge in [0.2, 0.25) is 11.8 Å². The Balaban J connectivity index is 1.88. The Bertz CT molecular complexity index is 322. The van der Waals surface area contributed by atoms with E-state index in [0.717, 1.165) is 19.4 Å². The highest BCUT2D eigenvalue weighted by Gasteiger charge is 2.35. The van der Waals surface area contributed by atoms with E-state index in [1.165, 1.54) is 0 Å². The van der Waals surface area contributed by atoms with Crippen LogP contribution in [0.15, 0.2) is 0 Å². The molecule has 0 spiro atoms. The van der Waals surface area contributed by atoms with E-state index in [1.807, 2.05) is 6.92 Å². The number of amides is 2. The van der Waals surface area contributed by atoms with Crippen molar-refractivity contribution < 1.29 is 14.3 Å². The molecule has 3 N–H and O–H groups in total. The van der Waals surface area contributed by atoms with Crippen LogP contribution in [0.5, 0.6) is 0 Å². The second kappa shape index (κ2) is 6.15. The summed E-state index contributed by atoms with van der Waals surface area (Å²) in [5.74, 6) is -0.353. The third-order valence-electron chi connectivity index (χ3n) is 3.49. The number of hydrogen-bond acceptors (Lipinski definition) is 4. The number of piperidine rings is 1. The summed E-state index contributed by atoms with van der Waals surface area (Å²) in [7, 11) is 0. The molecule has 0 aromatic heterocycles. The normalized spacial score (nSPS) is 32.1. The lowest BCUT2D eigenvalue weighted by molar-refractivity contribution is -0.132. The van der Waals surface area contributed by atoms with Crippen LogP contribution in [0.2, 0.25) is 0 Å². The number of carbonyl (C=O) groups excluding carboxylic acids is 2. The molecule has 18 heavy (non-hydrogen) atoms. The zero-order valence-electron chi connectivity index (χ0n) is 10.7. The zero-order valence-corrected chi connectivity index (χ0v) is 10.7. The van der Waals surface area contributed by atoms with Gasteiger partial charge >= 0.3 is 0 Å². The summed E-state index contributed by atoms with van der Waals surface area (Å²) in [5.41, 5.74) is 0. The number of nitrogens with one attached hydrogen (secondary N) is 3. The number of ether oxygens (including phenoxy) is 1. The predicted molar refractivity (Wildman–Crippen MR) is 65.9 cm³/mol. The smallest absolute Gasteiger partial charge is 0.242 e. The highest BCUT2D eigenvalue weighted by atomic mass is 16.5. The van der Waals surface area contributed by atoms with Crippen LogP contribution < -0.4 is 16.0 Å². The van der Waals surface area contributed by atoms with E-state index in [4.69, 9.17) is 4.74 Å². The second-order valence-electron chi connectivity index (χ2n) is 4.80. The van der Waals surface area contributed by atoms with Gasteiger partial charge in [-0.25, -0.2) is 0 Å². The molecule has 2 saturated heterocycles. The van der Waals surface area contributed by atoms with Gasteiger partial charge in [-0.1, -0.05) is 6.92 Å². The first-order chi connectivity index (χ1) is 8.72. The Morgan fingerprint density at radius 1 is 1.50 bits per heavy atom. The minimum atomic E-state index is -0.380. The molecular formula is C12H21N3O3. The van der Waals surface area contributed by atoms with Crippen LogP contribution in [-0.2, 0) is 14.3 Å². The molecule has 2 rings (SSSR count). The summed E-state index contributed by atoms with van der Waals surface area (Å²) in [6, 6.07) is -0.323. The van der Waals surface area contributed by atoms with E-state index in [-0.39, 0.29) is 29.8 Å². The van der Waals surface area contributed by atoms with Crippen molar-refractivity contribution in [2.45, 2.75) is 31.8 Å². The van der Waals surface area contributed by atoms with Gasteiger partial charge in [0, 0.05) is 12.6 Å². The molecular weight excluding hydrogens is 234 g/mol. The lowest BCUT2D eigenvalue weighted by atomic mass is 10.0. The first-order valence-corrected chi connectivity index (χ1v) is 6.61. The Morgan fingerprint density at radius 3 is 3.06 bits per heavy atom. The molecule has 2 heterocycles. The van der Waals surface area contributed by atoms with Crippen molar-refractivity contribution in [2.75, 3.05) is 26.3 Å². The molecule has 2 aliphatic rings. The monoisotopic (exact) mass is 255 g/mol. The largest absolute Gasteiger partial charge is 0.379 e. The minimum absolute atomic E-state index is 0.0571. The average molecular weight is 255 g/mol. The van der Waals surface area contributed by atoms with Gasteiger partial charge in [-0.05, 0) is 19.4 Å². The molecule has 2 aliphatic heterocycles. The van der Waals surface area contributed by atoms with E-state index >= 15 is 0 Å². The Hall–Kier alpha value is -1.14. The molecule has 6 nitrogen and oxygen atoms in total. The van der Waals surface area contributed by atoms with Gasteiger partial charge < -0.3 is 20.7 Å². The molecule has 2 amide bonds. The van der Waals surface area contributed by atoms with E-state index < -0.39 is 0 Å². The fraction of sp³-hybridized carbons (Fsp3) is 0.833. The highest BCUT2D eigenvalue weighted by molar-refractivity contribution is 5.89. The van der Waals surface area contributed by atoms with E-state index in [9.17, 15) is 9.59 Å². The summed E-state index contributed by atoms with van der Waals surface area (Å²) < 4.78 is 5.34. The van der Waals surface area contributed by atoms with Crippen molar-refractivity contribution >= 4 is 11.8 Å². The van der Waals surface area contributed by atoms with Gasteiger partial charge in [0.15, 0.2) is 0 Å². The zero-order chi connectivity index (χ0) is 13.0. The van der Waals surface area contributed by atoms with Crippen LogP contribution in [0.3, 0.4) is 0 Å². The van der Waals surface area contributed by atoms with Crippen molar-refractivity contribution in [1.82, 2.24) is 16.0 Å². The van der Waals surface area contributed by atoms with E-state index in [0.29, 0.717) is 19.8 Å². The van der Waals surface area contributed by atoms with Gasteiger partial charge in [-0.3, -0.25) is 9.59 Å². The fourth-order valence-electron chi connectivity index (χ4n) is 2.46. The van der Waals surface area contributed by atoms with Gasteiger partial charge in [-0.15, -0.1) is 0 Å². The fourth-order valence-corrected chi connectivity index (χ4v) is 2.46. The molecule has 0 aliphatic carbocycles. The van der Waals surface area contributed by atoms with Crippen LogP contribution in [0, 0.1) is 5.92 Å². The number of carbonyl (C=O) groups is 2. The lowest BCUT2D eigenvalue weighted by Gasteiger charge is -2.25. The maximum atomic E-state index is 12.1. The molecule has 0 saturated carbocycles. The molecule has 6 heteroatoms. The maximum Gasteiger partial charge on any atom is 0.242 e. The van der Waals surface area contributed by atoms with E-state index in [1.54, 1.807) is 0 Å². The summed E-state index contributed by atoms with van der Waals surface area (Å²) >= 11 is 0. The number of hydrogen-bond donors (Lipinski definition) is 3. The van der Waals surface area contributed by atoms with Crippen LogP contribution in [0.4, 0.5) is 0 Å². The first-order valence-electron chi connectivity index (χ1n) is 6.61. The average Bonchev–Trinajstić information content (AvgIpc) is 2.81. The predicted octanol–water partition coefficient (Wildman–Crippen LogP) is -0.994. The first kappa shape index (κ1) is 13.3. The van der Waals surface area contributed by atoms with Crippen molar-refractivity contribution in [3.63, 3.8) is 0 Å². The Kier molecular flexibility index (Phi) is 4.54. The van der Waals surface area contributed by atoms with E-state index in [2.05, 4.69) is 16.0 Å². The lowest BCUT2D eigenvalue weighted by Crippen LogP contribution is -2.53. The van der Waals surface area contributed by atoms with Crippen LogP contribution in [0.1, 0.15) is 19.8 Å². The number of rotatable bonds is 4. The van der Waals surface area contributed by atoms with Gasteiger partial charge in [0.1, 0.15) is 6.04 Å². The molecule has 2 fully saturated rings.